The van der Waals surface area contributed by atoms with Crippen LogP contribution in [-0.2, 0) is 4.79 Å². The van der Waals surface area contributed by atoms with Crippen LogP contribution in [0.4, 0.5) is 0 Å². The van der Waals surface area contributed by atoms with Gasteiger partial charge in [-0.3, -0.25) is 4.79 Å². The molecule has 1 fully saturated rings. The van der Waals surface area contributed by atoms with E-state index in [9.17, 15) is 4.79 Å². The first-order chi connectivity index (χ1) is 8.16. The summed E-state index contributed by atoms with van der Waals surface area (Å²) in [7, 11) is 0. The van der Waals surface area contributed by atoms with Gasteiger partial charge in [0.2, 0.25) is 0 Å². The molecule has 0 aliphatic heterocycles. The maximum atomic E-state index is 10.8. The summed E-state index contributed by atoms with van der Waals surface area (Å²) in [5.74, 6) is -0.778. The maximum absolute atomic E-state index is 10.8. The second-order valence-electron chi connectivity index (χ2n) is 4.65. The Bertz CT molecular complexity index is 359. The molecule has 0 saturated heterocycles. The summed E-state index contributed by atoms with van der Waals surface area (Å²) in [6.45, 7) is 2.11. The summed E-state index contributed by atoms with van der Waals surface area (Å²) in [6, 6.07) is 0.700. The van der Waals surface area contributed by atoms with Gasteiger partial charge in [-0.1, -0.05) is 0 Å². The van der Waals surface area contributed by atoms with Crippen LogP contribution in [0.3, 0.4) is 0 Å². The maximum Gasteiger partial charge on any atom is 0.306 e. The predicted octanol–water partition coefficient (Wildman–Crippen LogP) is 2.44. The highest BCUT2D eigenvalue weighted by Gasteiger charge is 2.26. The van der Waals surface area contributed by atoms with Crippen molar-refractivity contribution in [3.63, 3.8) is 0 Å². The quantitative estimate of drug-likeness (QED) is 0.866. The van der Waals surface area contributed by atoms with Gasteiger partial charge in [0.25, 0.3) is 0 Å². The lowest BCUT2D eigenvalue weighted by atomic mass is 9.86. The van der Waals surface area contributed by atoms with Crippen LogP contribution in [0.2, 0.25) is 0 Å². The molecule has 0 spiro atoms. The number of nitrogens with zero attached hydrogens (tertiary/aromatic N) is 1. The molecule has 5 heteroatoms. The summed E-state index contributed by atoms with van der Waals surface area (Å²) >= 11 is 1.66. The molecule has 1 aliphatic carbocycles. The Morgan fingerprint density at radius 1 is 1.53 bits per heavy atom. The van der Waals surface area contributed by atoms with Gasteiger partial charge in [0.05, 0.1) is 12.0 Å². The first-order valence-corrected chi connectivity index (χ1v) is 6.93. The highest BCUT2D eigenvalue weighted by Crippen LogP contribution is 2.26. The zero-order chi connectivity index (χ0) is 12.3. The molecule has 17 heavy (non-hydrogen) atoms. The summed E-state index contributed by atoms with van der Waals surface area (Å²) in [6.07, 6.45) is 5.30. The molecule has 2 N–H and O–H groups in total. The predicted molar refractivity (Wildman–Crippen MR) is 67.0 cm³/mol. The fourth-order valence-electron chi connectivity index (χ4n) is 2.38. The van der Waals surface area contributed by atoms with Crippen LogP contribution in [0, 0.1) is 5.92 Å². The Morgan fingerprint density at radius 2 is 2.24 bits per heavy atom. The van der Waals surface area contributed by atoms with Crippen molar-refractivity contribution < 1.29 is 9.90 Å². The molecule has 1 aromatic rings. The van der Waals surface area contributed by atoms with Crippen molar-refractivity contribution in [3.8, 4) is 0 Å². The van der Waals surface area contributed by atoms with Crippen molar-refractivity contribution in [2.75, 3.05) is 0 Å². The number of aromatic nitrogens is 1. The van der Waals surface area contributed by atoms with E-state index in [-0.39, 0.29) is 12.0 Å². The van der Waals surface area contributed by atoms with Crippen molar-refractivity contribution in [1.82, 2.24) is 10.3 Å². The largest absolute Gasteiger partial charge is 0.481 e. The van der Waals surface area contributed by atoms with Gasteiger partial charge < -0.3 is 10.4 Å². The van der Waals surface area contributed by atoms with Crippen LogP contribution in [0.15, 0.2) is 11.6 Å². The molecule has 4 nitrogen and oxygen atoms in total. The molecule has 1 saturated carbocycles. The van der Waals surface area contributed by atoms with E-state index in [0.717, 1.165) is 30.7 Å². The fourth-order valence-corrected chi connectivity index (χ4v) is 3.04. The monoisotopic (exact) mass is 254 g/mol. The number of rotatable bonds is 4. The SMILES string of the molecule is CC(NC1CCC(C(=O)O)CC1)c1nccs1. The number of carboxylic acids is 1. The fraction of sp³-hybridized carbons (Fsp3) is 0.667. The lowest BCUT2D eigenvalue weighted by Gasteiger charge is -2.28. The van der Waals surface area contributed by atoms with E-state index in [1.54, 1.807) is 11.3 Å². The minimum absolute atomic E-state index is 0.136. The van der Waals surface area contributed by atoms with Crippen LogP contribution in [0.5, 0.6) is 0 Å². The van der Waals surface area contributed by atoms with E-state index >= 15 is 0 Å². The number of hydrogen-bond acceptors (Lipinski definition) is 4. The van der Waals surface area contributed by atoms with Crippen molar-refractivity contribution in [3.05, 3.63) is 16.6 Å². The second kappa shape index (κ2) is 5.60. The lowest BCUT2D eigenvalue weighted by Crippen LogP contribution is -2.36. The molecule has 1 unspecified atom stereocenters. The van der Waals surface area contributed by atoms with Gasteiger partial charge in [0.15, 0.2) is 0 Å². The highest BCUT2D eigenvalue weighted by molar-refractivity contribution is 7.09. The molecule has 0 amide bonds. The number of carboxylic acid groups (broad SMARTS) is 1. The Morgan fingerprint density at radius 3 is 2.76 bits per heavy atom. The first-order valence-electron chi connectivity index (χ1n) is 6.05. The van der Waals surface area contributed by atoms with E-state index < -0.39 is 5.97 Å². The van der Waals surface area contributed by atoms with E-state index in [0.29, 0.717) is 6.04 Å². The minimum Gasteiger partial charge on any atom is -0.481 e. The summed E-state index contributed by atoms with van der Waals surface area (Å²) in [5, 5.41) is 15.5. The normalized spacial score (nSPS) is 26.6. The average Bonchev–Trinajstić information content (AvgIpc) is 2.83. The van der Waals surface area contributed by atoms with Crippen LogP contribution >= 0.6 is 11.3 Å². The Kier molecular flexibility index (Phi) is 4.12. The summed E-state index contributed by atoms with van der Waals surface area (Å²) < 4.78 is 0. The zero-order valence-corrected chi connectivity index (χ0v) is 10.7. The number of thiazole rings is 1. The van der Waals surface area contributed by atoms with E-state index in [1.807, 2.05) is 11.6 Å². The molecule has 0 radical (unpaired) electrons. The number of aliphatic carboxylic acids is 1. The third kappa shape index (κ3) is 3.26. The lowest BCUT2D eigenvalue weighted by molar-refractivity contribution is -0.142. The topological polar surface area (TPSA) is 62.2 Å². The Hall–Kier alpha value is -0.940. The minimum atomic E-state index is -0.642. The molecule has 94 valence electrons. The Balaban J connectivity index is 1.80. The second-order valence-corrected chi connectivity index (χ2v) is 5.57. The van der Waals surface area contributed by atoms with Gasteiger partial charge in [0, 0.05) is 17.6 Å². The molecule has 1 aromatic heterocycles. The first kappa shape index (κ1) is 12.5. The molecule has 1 heterocycles. The molecule has 1 atom stereocenters. The Labute approximate surface area is 105 Å². The van der Waals surface area contributed by atoms with Crippen LogP contribution < -0.4 is 5.32 Å². The standard InChI is InChI=1S/C12H18N2O2S/c1-8(11-13-6-7-17-11)14-10-4-2-9(3-5-10)12(15)16/h6-10,14H,2-5H2,1H3,(H,15,16). The molecule has 0 aromatic carbocycles. The average molecular weight is 254 g/mol. The van der Waals surface area contributed by atoms with Crippen molar-refractivity contribution in [2.45, 2.75) is 44.7 Å². The van der Waals surface area contributed by atoms with Crippen molar-refractivity contribution in [2.24, 2.45) is 5.92 Å². The molecular formula is C12H18N2O2S. The smallest absolute Gasteiger partial charge is 0.306 e. The molecule has 1 aliphatic rings. The van der Waals surface area contributed by atoms with E-state index in [4.69, 9.17) is 5.11 Å². The number of carbonyl (C=O) groups is 1. The van der Waals surface area contributed by atoms with Gasteiger partial charge >= 0.3 is 5.97 Å². The van der Waals surface area contributed by atoms with Gasteiger partial charge in [-0.2, -0.15) is 0 Å². The van der Waals surface area contributed by atoms with Gasteiger partial charge in [-0.05, 0) is 32.6 Å². The highest BCUT2D eigenvalue weighted by atomic mass is 32.1. The molecule has 0 bridgehead atoms. The third-order valence-electron chi connectivity index (χ3n) is 3.38. The summed E-state index contributed by atoms with van der Waals surface area (Å²) in [4.78, 5) is 15.1. The van der Waals surface area contributed by atoms with Crippen molar-refractivity contribution in [1.29, 1.82) is 0 Å². The molecular weight excluding hydrogens is 236 g/mol. The van der Waals surface area contributed by atoms with Gasteiger partial charge in [0.1, 0.15) is 5.01 Å². The van der Waals surface area contributed by atoms with Gasteiger partial charge in [-0.25, -0.2) is 4.98 Å². The summed E-state index contributed by atoms with van der Waals surface area (Å²) in [5.41, 5.74) is 0. The number of nitrogens with one attached hydrogen (secondary N) is 1. The van der Waals surface area contributed by atoms with E-state index in [1.165, 1.54) is 0 Å². The van der Waals surface area contributed by atoms with Gasteiger partial charge in [-0.15, -0.1) is 11.3 Å². The molecule has 2 rings (SSSR count). The third-order valence-corrected chi connectivity index (χ3v) is 4.34. The van der Waals surface area contributed by atoms with Crippen molar-refractivity contribution >= 4 is 17.3 Å². The van der Waals surface area contributed by atoms with E-state index in [2.05, 4.69) is 17.2 Å². The van der Waals surface area contributed by atoms with Crippen LogP contribution in [0.25, 0.3) is 0 Å². The van der Waals surface area contributed by atoms with Crippen LogP contribution in [0.1, 0.15) is 43.7 Å². The number of hydrogen-bond donors (Lipinski definition) is 2. The van der Waals surface area contributed by atoms with Crippen LogP contribution in [-0.4, -0.2) is 22.1 Å². The zero-order valence-electron chi connectivity index (χ0n) is 9.93.